The molecule has 3 nitrogen and oxygen atoms in total. The monoisotopic (exact) mass is 380 g/mol. The van der Waals surface area contributed by atoms with Gasteiger partial charge in [0.2, 0.25) is 5.88 Å². The number of nitrogens with zero attached hydrogens (tertiary/aromatic N) is 1. The average molecular weight is 382 g/mol. The smallest absolute Gasteiger partial charge is 0.240 e. The third-order valence-electron chi connectivity index (χ3n) is 2.23. The van der Waals surface area contributed by atoms with E-state index in [1.807, 2.05) is 6.07 Å². The average Bonchev–Trinajstić information content (AvgIpc) is 2.37. The van der Waals surface area contributed by atoms with Crippen LogP contribution in [0.2, 0.25) is 15.1 Å². The van der Waals surface area contributed by atoms with Crippen molar-refractivity contribution in [2.24, 2.45) is 0 Å². The first-order valence-corrected chi connectivity index (χ1v) is 7.10. The molecule has 0 spiro atoms. The topological polar surface area (TPSA) is 34.2 Å². The van der Waals surface area contributed by atoms with E-state index in [-0.39, 0.29) is 5.88 Å². The first kappa shape index (κ1) is 14.7. The molecule has 100 valence electrons. The number of rotatable bonds is 3. The summed E-state index contributed by atoms with van der Waals surface area (Å²) >= 11 is 21.4. The highest BCUT2D eigenvalue weighted by atomic mass is 79.9. The number of benzene rings is 1. The number of ether oxygens (including phenoxy) is 1. The number of anilines is 1. The quantitative estimate of drug-likeness (QED) is 0.746. The lowest BCUT2D eigenvalue weighted by molar-refractivity contribution is 0.464. The zero-order chi connectivity index (χ0) is 14.0. The molecule has 1 heterocycles. The zero-order valence-electron chi connectivity index (χ0n) is 9.68. The molecular formula is C12H8BrCl3N2O. The van der Waals surface area contributed by atoms with Crippen LogP contribution in [0.1, 0.15) is 0 Å². The Bertz CT molecular complexity index is 622. The summed E-state index contributed by atoms with van der Waals surface area (Å²) in [5.41, 5.74) is 0. The minimum atomic E-state index is 0.232. The fraction of sp³-hybridized carbons (Fsp3) is 0.0833. The van der Waals surface area contributed by atoms with Gasteiger partial charge in [0.15, 0.2) is 0 Å². The maximum atomic E-state index is 6.05. The van der Waals surface area contributed by atoms with Gasteiger partial charge < -0.3 is 10.1 Å². The summed E-state index contributed by atoms with van der Waals surface area (Å²) in [7, 11) is 1.71. The summed E-state index contributed by atoms with van der Waals surface area (Å²) in [6.07, 6.45) is 0. The predicted molar refractivity (Wildman–Crippen MR) is 83.0 cm³/mol. The van der Waals surface area contributed by atoms with Crippen molar-refractivity contribution in [2.45, 2.75) is 0 Å². The van der Waals surface area contributed by atoms with Crippen molar-refractivity contribution in [3.63, 3.8) is 0 Å². The Hall–Kier alpha value is -0.680. The summed E-state index contributed by atoms with van der Waals surface area (Å²) in [6.45, 7) is 0. The van der Waals surface area contributed by atoms with Gasteiger partial charge in [-0.25, -0.2) is 0 Å². The van der Waals surface area contributed by atoms with E-state index in [9.17, 15) is 0 Å². The van der Waals surface area contributed by atoms with Gasteiger partial charge in [0.05, 0.1) is 10.0 Å². The van der Waals surface area contributed by atoms with Gasteiger partial charge in [-0.1, -0.05) is 50.7 Å². The summed E-state index contributed by atoms with van der Waals surface area (Å²) in [4.78, 5) is 4.19. The van der Waals surface area contributed by atoms with E-state index < -0.39 is 0 Å². The number of aromatic nitrogens is 1. The van der Waals surface area contributed by atoms with Crippen molar-refractivity contribution in [1.82, 2.24) is 4.98 Å². The number of hydrogen-bond acceptors (Lipinski definition) is 3. The standard InChI is InChI=1S/C12H8BrCl3N2O/c1-17-11-8(15)5-9(16)12(18-11)19-10-4-6(13)2-3-7(10)14/h2-5H,1H3,(H,17,18). The molecule has 0 aliphatic rings. The Kier molecular flexibility index (Phi) is 4.79. The second kappa shape index (κ2) is 6.18. The molecule has 2 aromatic rings. The lowest BCUT2D eigenvalue weighted by atomic mass is 10.3. The molecule has 0 fully saturated rings. The Balaban J connectivity index is 2.40. The maximum absolute atomic E-state index is 6.05. The summed E-state index contributed by atoms with van der Waals surface area (Å²) in [5.74, 6) is 1.16. The van der Waals surface area contributed by atoms with Gasteiger partial charge in [-0.2, -0.15) is 4.98 Å². The SMILES string of the molecule is CNc1nc(Oc2cc(Br)ccc2Cl)c(Cl)cc1Cl. The van der Waals surface area contributed by atoms with Crippen LogP contribution in [-0.4, -0.2) is 12.0 Å². The van der Waals surface area contributed by atoms with Crippen LogP contribution in [0.4, 0.5) is 5.82 Å². The minimum absolute atomic E-state index is 0.232. The molecule has 0 radical (unpaired) electrons. The van der Waals surface area contributed by atoms with Gasteiger partial charge in [-0.05, 0) is 24.3 Å². The molecule has 0 saturated carbocycles. The van der Waals surface area contributed by atoms with Gasteiger partial charge in [-0.15, -0.1) is 0 Å². The van der Waals surface area contributed by atoms with Crippen molar-refractivity contribution in [1.29, 1.82) is 0 Å². The van der Waals surface area contributed by atoms with E-state index in [1.54, 1.807) is 25.2 Å². The molecule has 0 bridgehead atoms. The normalized spacial score (nSPS) is 10.4. The molecule has 2 rings (SSSR count). The van der Waals surface area contributed by atoms with Crippen LogP contribution in [-0.2, 0) is 0 Å². The highest BCUT2D eigenvalue weighted by Crippen LogP contribution is 2.36. The molecule has 7 heteroatoms. The van der Waals surface area contributed by atoms with E-state index in [1.165, 1.54) is 0 Å². The van der Waals surface area contributed by atoms with Crippen LogP contribution >= 0.6 is 50.7 Å². The summed E-state index contributed by atoms with van der Waals surface area (Å²) < 4.78 is 6.45. The van der Waals surface area contributed by atoms with Crippen LogP contribution in [0.25, 0.3) is 0 Å². The van der Waals surface area contributed by atoms with Crippen molar-refractivity contribution >= 4 is 56.6 Å². The molecule has 19 heavy (non-hydrogen) atoms. The van der Waals surface area contributed by atoms with Crippen LogP contribution in [0, 0.1) is 0 Å². The first-order chi connectivity index (χ1) is 9.01. The number of hydrogen-bond donors (Lipinski definition) is 1. The molecule has 0 unspecified atom stereocenters. The summed E-state index contributed by atoms with van der Waals surface area (Å²) in [6, 6.07) is 6.81. The molecule has 1 N–H and O–H groups in total. The molecule has 1 aromatic heterocycles. The van der Waals surface area contributed by atoms with Crippen LogP contribution < -0.4 is 10.1 Å². The van der Waals surface area contributed by atoms with Crippen molar-refractivity contribution in [3.05, 3.63) is 43.8 Å². The third kappa shape index (κ3) is 3.45. The van der Waals surface area contributed by atoms with Crippen molar-refractivity contribution in [3.8, 4) is 11.6 Å². The summed E-state index contributed by atoms with van der Waals surface area (Å²) in [5, 5.41) is 4.03. The largest absolute Gasteiger partial charge is 0.436 e. The number of pyridine rings is 1. The van der Waals surface area contributed by atoms with Crippen molar-refractivity contribution < 1.29 is 4.74 Å². The number of nitrogens with one attached hydrogen (secondary N) is 1. The van der Waals surface area contributed by atoms with Crippen LogP contribution in [0.5, 0.6) is 11.6 Å². The van der Waals surface area contributed by atoms with E-state index in [0.29, 0.717) is 26.6 Å². The first-order valence-electron chi connectivity index (χ1n) is 5.18. The van der Waals surface area contributed by atoms with E-state index in [2.05, 4.69) is 26.2 Å². The fourth-order valence-electron chi connectivity index (χ4n) is 1.36. The van der Waals surface area contributed by atoms with E-state index in [0.717, 1.165) is 4.47 Å². The van der Waals surface area contributed by atoms with Gasteiger partial charge in [0.1, 0.15) is 16.6 Å². The Morgan fingerprint density at radius 1 is 1.11 bits per heavy atom. The van der Waals surface area contributed by atoms with Gasteiger partial charge >= 0.3 is 0 Å². The molecule has 0 aliphatic heterocycles. The van der Waals surface area contributed by atoms with Crippen LogP contribution in [0.3, 0.4) is 0 Å². The van der Waals surface area contributed by atoms with Crippen LogP contribution in [0.15, 0.2) is 28.7 Å². The second-order valence-electron chi connectivity index (χ2n) is 3.53. The highest BCUT2D eigenvalue weighted by molar-refractivity contribution is 9.10. The lowest BCUT2D eigenvalue weighted by Gasteiger charge is -2.11. The highest BCUT2D eigenvalue weighted by Gasteiger charge is 2.12. The zero-order valence-corrected chi connectivity index (χ0v) is 13.5. The number of halogens is 4. The Morgan fingerprint density at radius 2 is 1.84 bits per heavy atom. The maximum Gasteiger partial charge on any atom is 0.240 e. The third-order valence-corrected chi connectivity index (χ3v) is 3.60. The molecule has 0 atom stereocenters. The fourth-order valence-corrected chi connectivity index (χ4v) is 2.34. The van der Waals surface area contributed by atoms with Gasteiger partial charge in [0, 0.05) is 11.5 Å². The minimum Gasteiger partial charge on any atom is -0.436 e. The second-order valence-corrected chi connectivity index (χ2v) is 5.67. The van der Waals surface area contributed by atoms with Gasteiger partial charge in [0.25, 0.3) is 0 Å². The van der Waals surface area contributed by atoms with E-state index in [4.69, 9.17) is 39.5 Å². The Morgan fingerprint density at radius 3 is 2.53 bits per heavy atom. The molecule has 0 saturated heterocycles. The molecule has 0 aliphatic carbocycles. The molecular weight excluding hydrogens is 374 g/mol. The predicted octanol–water partition coefficient (Wildman–Crippen LogP) is 5.64. The van der Waals surface area contributed by atoms with E-state index >= 15 is 0 Å². The van der Waals surface area contributed by atoms with Crippen molar-refractivity contribution in [2.75, 3.05) is 12.4 Å². The van der Waals surface area contributed by atoms with Gasteiger partial charge in [-0.3, -0.25) is 0 Å². The molecule has 1 aromatic carbocycles. The Labute approximate surface area is 134 Å². The molecule has 0 amide bonds. The lowest BCUT2D eigenvalue weighted by Crippen LogP contribution is -1.97.